The Morgan fingerprint density at radius 2 is 1.75 bits per heavy atom. The molecule has 1 aliphatic heterocycles. The van der Waals surface area contributed by atoms with Crippen LogP contribution in [-0.2, 0) is 35.1 Å². The Hall–Kier alpha value is -3.68. The number of allylic oxidation sites excluding steroid dienone is 1. The quantitative estimate of drug-likeness (QED) is 0.449. The first-order valence-corrected chi connectivity index (χ1v) is 12.8. The number of nitrogens with one attached hydrogen (secondary N) is 1. The van der Waals surface area contributed by atoms with Crippen molar-refractivity contribution < 1.29 is 42.8 Å². The van der Waals surface area contributed by atoms with Crippen LogP contribution in [0.3, 0.4) is 0 Å². The molecule has 1 aliphatic rings. The van der Waals surface area contributed by atoms with Gasteiger partial charge in [-0.15, -0.1) is 0 Å². The molecule has 0 fully saturated rings. The van der Waals surface area contributed by atoms with E-state index in [1.807, 2.05) is 13.0 Å². The lowest BCUT2D eigenvalue weighted by molar-refractivity contribution is -0.112. The van der Waals surface area contributed by atoms with Crippen LogP contribution in [0.5, 0.6) is 5.88 Å². The topological polar surface area (TPSA) is 184 Å². The summed E-state index contributed by atoms with van der Waals surface area (Å²) in [7, 11) is 4.58. The molecule has 2 rings (SSSR count). The molecule has 0 aromatic carbocycles. The number of amides is 3. The van der Waals surface area contributed by atoms with E-state index in [9.17, 15) is 14.4 Å². The number of ether oxygens (including phenoxy) is 6. The fraction of sp³-hybridized carbons (Fsp3) is 0.556. The number of fused-ring (bicyclic) bond motifs is 2. The smallest absolute Gasteiger partial charge is 0.405 e. The van der Waals surface area contributed by atoms with Gasteiger partial charge in [0.1, 0.15) is 18.0 Å². The molecule has 2 bridgehead atoms. The third kappa shape index (κ3) is 9.81. The average molecular weight is 565 g/mol. The number of nitrogens with zero attached hydrogens (tertiary/aromatic N) is 1. The van der Waals surface area contributed by atoms with Gasteiger partial charge in [0, 0.05) is 31.8 Å². The molecule has 13 nitrogen and oxygen atoms in total. The van der Waals surface area contributed by atoms with Crippen LogP contribution >= 0.6 is 0 Å². The van der Waals surface area contributed by atoms with Gasteiger partial charge < -0.3 is 45.2 Å². The molecule has 40 heavy (non-hydrogen) atoms. The van der Waals surface area contributed by atoms with Crippen LogP contribution in [0.2, 0.25) is 0 Å². The summed E-state index contributed by atoms with van der Waals surface area (Å²) < 4.78 is 33.3. The Kier molecular flexibility index (Phi) is 12.8. The number of pyridine rings is 1. The maximum absolute atomic E-state index is 12.8. The minimum Gasteiger partial charge on any atom is -0.481 e. The van der Waals surface area contributed by atoms with E-state index in [1.165, 1.54) is 7.11 Å². The van der Waals surface area contributed by atoms with Crippen molar-refractivity contribution in [2.45, 2.75) is 64.6 Å². The summed E-state index contributed by atoms with van der Waals surface area (Å²) in [5, 5.41) is 2.75. The first kappa shape index (κ1) is 32.5. The van der Waals surface area contributed by atoms with Crippen LogP contribution in [0.4, 0.5) is 15.4 Å². The van der Waals surface area contributed by atoms with Gasteiger partial charge in [0.15, 0.2) is 6.10 Å². The summed E-state index contributed by atoms with van der Waals surface area (Å²) in [6, 6.07) is 3.40. The molecular formula is C27H40N4O9. The maximum atomic E-state index is 12.8. The predicted octanol–water partition coefficient (Wildman–Crippen LogP) is 2.83. The van der Waals surface area contributed by atoms with E-state index in [4.69, 9.17) is 39.9 Å². The zero-order chi connectivity index (χ0) is 29.8. The number of hydrogen-bond acceptors (Lipinski definition) is 10. The van der Waals surface area contributed by atoms with Gasteiger partial charge in [0.25, 0.3) is 5.91 Å². The average Bonchev–Trinajstić information content (AvgIpc) is 2.89. The summed E-state index contributed by atoms with van der Waals surface area (Å²) in [6.45, 7) is 5.62. The highest BCUT2D eigenvalue weighted by molar-refractivity contribution is 6.02. The molecule has 5 N–H and O–H groups in total. The summed E-state index contributed by atoms with van der Waals surface area (Å²) in [5.41, 5.74) is 12.3. The van der Waals surface area contributed by atoms with Gasteiger partial charge in [0.05, 0.1) is 26.4 Å². The van der Waals surface area contributed by atoms with Gasteiger partial charge in [-0.3, -0.25) is 4.79 Å². The lowest BCUT2D eigenvalue weighted by Gasteiger charge is -2.30. The van der Waals surface area contributed by atoms with Crippen LogP contribution in [-0.4, -0.2) is 75.4 Å². The van der Waals surface area contributed by atoms with Gasteiger partial charge in [-0.1, -0.05) is 19.1 Å². The van der Waals surface area contributed by atoms with Crippen LogP contribution in [0.15, 0.2) is 35.4 Å². The van der Waals surface area contributed by atoms with E-state index in [-0.39, 0.29) is 37.8 Å². The Morgan fingerprint density at radius 3 is 2.35 bits per heavy atom. The van der Waals surface area contributed by atoms with Crippen molar-refractivity contribution in [3.05, 3.63) is 41.0 Å². The summed E-state index contributed by atoms with van der Waals surface area (Å²) in [6.07, 6.45) is -1.10. The van der Waals surface area contributed by atoms with Crippen molar-refractivity contribution >= 4 is 23.9 Å². The number of nitrogens with two attached hydrogens (primary N) is 2. The molecule has 0 saturated heterocycles. The maximum Gasteiger partial charge on any atom is 0.405 e. The van der Waals surface area contributed by atoms with Gasteiger partial charge in [0.2, 0.25) is 5.88 Å². The first-order chi connectivity index (χ1) is 19.0. The molecule has 3 amide bonds. The van der Waals surface area contributed by atoms with Crippen LogP contribution < -0.4 is 21.5 Å². The van der Waals surface area contributed by atoms with Crippen molar-refractivity contribution in [3.63, 3.8) is 0 Å². The Labute approximate surface area is 234 Å². The van der Waals surface area contributed by atoms with E-state index in [1.54, 1.807) is 46.3 Å². The second-order valence-corrected chi connectivity index (χ2v) is 9.41. The Bertz CT molecular complexity index is 1090. The number of anilines is 1. The van der Waals surface area contributed by atoms with Crippen molar-refractivity contribution in [2.24, 2.45) is 17.4 Å². The number of rotatable bonds is 5. The number of carbonyl (C=O) groups is 3. The minimum absolute atomic E-state index is 0.175. The van der Waals surface area contributed by atoms with E-state index in [0.29, 0.717) is 17.0 Å². The van der Waals surface area contributed by atoms with Crippen LogP contribution in [0, 0.1) is 5.92 Å². The number of methoxy groups -OCH3 is 3. The second kappa shape index (κ2) is 15.8. The third-order valence-corrected chi connectivity index (χ3v) is 6.41. The predicted molar refractivity (Wildman–Crippen MR) is 145 cm³/mol. The fourth-order valence-corrected chi connectivity index (χ4v) is 4.49. The molecule has 5 unspecified atom stereocenters. The standard InChI is InChI=1S/C27H40N4O9/c1-15-8-7-9-19(39-26(28)33)24(40-27(29)34)17(3)10-16(2)23(37-6)20(35-4)14-38-13-18-11-21(31-25(15)32)30-22(12-18)36-5/h8,10-12,16,19-20,23-24H,7,9,13-14H2,1-6H3,(H2,28,33)(H2,29,34)(H,30,31,32)/b15-8-,17-10+. The number of hydrogen-bond donors (Lipinski definition) is 3. The fourth-order valence-electron chi connectivity index (χ4n) is 4.49. The highest BCUT2D eigenvalue weighted by Crippen LogP contribution is 2.25. The van der Waals surface area contributed by atoms with Gasteiger partial charge in [-0.05, 0) is 43.9 Å². The van der Waals surface area contributed by atoms with Crippen LogP contribution in [0.1, 0.15) is 39.2 Å². The first-order valence-electron chi connectivity index (χ1n) is 12.8. The lowest BCUT2D eigenvalue weighted by atomic mass is 9.93. The molecule has 1 aromatic heterocycles. The molecule has 5 atom stereocenters. The molecule has 0 radical (unpaired) electrons. The van der Waals surface area contributed by atoms with Gasteiger partial charge in [-0.2, -0.15) is 4.98 Å². The molecule has 13 heteroatoms. The van der Waals surface area contributed by atoms with Crippen molar-refractivity contribution in [2.75, 3.05) is 33.3 Å². The highest BCUT2D eigenvalue weighted by Gasteiger charge is 2.32. The number of carbonyl (C=O) groups excluding carboxylic acids is 3. The van der Waals surface area contributed by atoms with E-state index >= 15 is 0 Å². The SMILES string of the molecule is COc1cc2cc(n1)NC(=O)/C(C)=C\CCC(OC(N)=O)C(OC(N)=O)/C(C)=C/C(C)C(OC)C(OC)COC2. The molecular weight excluding hydrogens is 524 g/mol. The minimum atomic E-state index is -1.05. The van der Waals surface area contributed by atoms with Crippen molar-refractivity contribution in [1.29, 1.82) is 0 Å². The summed E-state index contributed by atoms with van der Waals surface area (Å²) in [4.78, 5) is 40.6. The van der Waals surface area contributed by atoms with E-state index < -0.39 is 42.5 Å². The van der Waals surface area contributed by atoms with Crippen molar-refractivity contribution in [1.82, 2.24) is 4.98 Å². The molecule has 2 heterocycles. The monoisotopic (exact) mass is 564 g/mol. The zero-order valence-corrected chi connectivity index (χ0v) is 23.8. The highest BCUT2D eigenvalue weighted by atomic mass is 16.6. The van der Waals surface area contributed by atoms with Crippen LogP contribution in [0.25, 0.3) is 0 Å². The van der Waals surface area contributed by atoms with Gasteiger partial charge >= 0.3 is 12.2 Å². The lowest BCUT2D eigenvalue weighted by Crippen LogP contribution is -2.40. The van der Waals surface area contributed by atoms with Crippen molar-refractivity contribution in [3.8, 4) is 5.88 Å². The third-order valence-electron chi connectivity index (χ3n) is 6.41. The summed E-state index contributed by atoms with van der Waals surface area (Å²) in [5.74, 6) is -0.0614. The molecule has 222 valence electrons. The largest absolute Gasteiger partial charge is 0.481 e. The van der Waals surface area contributed by atoms with E-state index in [0.717, 1.165) is 5.56 Å². The Balaban J connectivity index is 2.53. The zero-order valence-electron chi connectivity index (χ0n) is 23.8. The van der Waals surface area contributed by atoms with E-state index in [2.05, 4.69) is 10.3 Å². The molecule has 0 saturated carbocycles. The number of aromatic nitrogens is 1. The normalized spacial score (nSPS) is 27.8. The molecule has 0 spiro atoms. The second-order valence-electron chi connectivity index (χ2n) is 9.41. The summed E-state index contributed by atoms with van der Waals surface area (Å²) >= 11 is 0. The Morgan fingerprint density at radius 1 is 1.05 bits per heavy atom. The van der Waals surface area contributed by atoms with Gasteiger partial charge in [-0.25, -0.2) is 9.59 Å². The molecule has 0 aliphatic carbocycles. The number of primary amides is 2. The molecule has 1 aromatic rings.